The molecule has 0 aromatic heterocycles. The summed E-state index contributed by atoms with van der Waals surface area (Å²) in [4.78, 5) is 15.6. The number of nitrogens with one attached hydrogen (secondary N) is 1. The Morgan fingerprint density at radius 2 is 1.88 bits per heavy atom. The Morgan fingerprint density at radius 3 is 2.42 bits per heavy atom. The van der Waals surface area contributed by atoms with E-state index in [1.165, 1.54) is 30.5 Å². The Bertz CT molecular complexity index is 801. The molecule has 0 spiro atoms. The van der Waals surface area contributed by atoms with Crippen molar-refractivity contribution >= 4 is 18.3 Å². The lowest BCUT2D eigenvalue weighted by molar-refractivity contribution is -0.0936. The van der Waals surface area contributed by atoms with E-state index < -0.39 is 11.9 Å². The summed E-state index contributed by atoms with van der Waals surface area (Å²) in [5.74, 6) is 5.41. The molecule has 6 nitrogen and oxygen atoms in total. The second-order valence-corrected chi connectivity index (χ2v) is 6.61. The standard InChI is InChI=1S/C22H29F3N4O2.C2H6/c1-4-15-31-16-14-28-21(30)18-8-10-19(11-9-18)29(26)20(22(23,24)25)12-7-17(2)6-5-13-27-3;1-2/h5-6,8-13H,3-4,7,14-16,26H2,1-2H3,(H,28,30);1-2H3/b13-5-,17-6+,20-12-;. The molecule has 0 atom stereocenters. The highest BCUT2D eigenvalue weighted by Gasteiger charge is 2.37. The smallest absolute Gasteiger partial charge is 0.380 e. The van der Waals surface area contributed by atoms with Gasteiger partial charge >= 0.3 is 6.18 Å². The highest BCUT2D eigenvalue weighted by Crippen LogP contribution is 2.31. The van der Waals surface area contributed by atoms with Gasteiger partial charge in [0.05, 0.1) is 12.3 Å². The van der Waals surface area contributed by atoms with Gasteiger partial charge in [0, 0.05) is 24.9 Å². The van der Waals surface area contributed by atoms with Crippen LogP contribution in [0, 0.1) is 0 Å². The summed E-state index contributed by atoms with van der Waals surface area (Å²) in [6, 6.07) is 5.57. The SMILES string of the molecule is C=N/C=C\C=C(/C)C/C=C(\N(N)c1ccc(C(=O)NCCOCCC)cc1)C(F)(F)F.CC. The first kappa shape index (κ1) is 30.1. The molecule has 0 bridgehead atoms. The molecule has 0 fully saturated rings. The van der Waals surface area contributed by atoms with Crippen molar-refractivity contribution < 1.29 is 22.7 Å². The van der Waals surface area contributed by atoms with E-state index in [1.54, 1.807) is 19.1 Å². The second-order valence-electron chi connectivity index (χ2n) is 6.61. The van der Waals surface area contributed by atoms with Gasteiger partial charge in [-0.2, -0.15) is 13.2 Å². The molecule has 0 aliphatic heterocycles. The molecule has 184 valence electrons. The van der Waals surface area contributed by atoms with E-state index >= 15 is 0 Å². The summed E-state index contributed by atoms with van der Waals surface area (Å²) in [5.41, 5.74) is 0.0942. The number of halogens is 3. The molecule has 0 radical (unpaired) electrons. The molecule has 1 amide bonds. The third-order valence-electron chi connectivity index (χ3n) is 4.03. The molecule has 0 saturated carbocycles. The minimum absolute atomic E-state index is 0.0462. The first-order valence-electron chi connectivity index (χ1n) is 10.8. The normalized spacial score (nSPS) is 12.2. The van der Waals surface area contributed by atoms with Crippen LogP contribution >= 0.6 is 0 Å². The van der Waals surface area contributed by atoms with Crippen molar-refractivity contribution in [1.82, 2.24) is 5.32 Å². The fourth-order valence-corrected chi connectivity index (χ4v) is 2.44. The summed E-state index contributed by atoms with van der Waals surface area (Å²) >= 11 is 0. The van der Waals surface area contributed by atoms with E-state index in [2.05, 4.69) is 17.0 Å². The summed E-state index contributed by atoms with van der Waals surface area (Å²) in [5, 5.41) is 3.25. The van der Waals surface area contributed by atoms with Gasteiger partial charge in [0.1, 0.15) is 5.70 Å². The third-order valence-corrected chi connectivity index (χ3v) is 4.03. The van der Waals surface area contributed by atoms with E-state index in [0.29, 0.717) is 35.9 Å². The molecule has 9 heteroatoms. The van der Waals surface area contributed by atoms with Crippen LogP contribution in [-0.2, 0) is 4.74 Å². The molecular formula is C24H35F3N4O2. The van der Waals surface area contributed by atoms with E-state index in [0.717, 1.165) is 12.5 Å². The number of anilines is 1. The maximum Gasteiger partial charge on any atom is 0.432 e. The zero-order valence-corrected chi connectivity index (χ0v) is 19.8. The number of hydrogen-bond acceptors (Lipinski definition) is 5. The van der Waals surface area contributed by atoms with Crippen molar-refractivity contribution in [3.63, 3.8) is 0 Å². The van der Waals surface area contributed by atoms with Crippen molar-refractivity contribution in [2.45, 2.75) is 46.7 Å². The van der Waals surface area contributed by atoms with Crippen LogP contribution in [0.3, 0.4) is 0 Å². The number of alkyl halides is 3. The number of hydrogen-bond donors (Lipinski definition) is 2. The molecule has 0 heterocycles. The molecule has 0 aliphatic rings. The summed E-state index contributed by atoms with van der Waals surface area (Å²) in [6.07, 6.45) is 1.96. The Hall–Kier alpha value is -2.91. The van der Waals surface area contributed by atoms with Gasteiger partial charge < -0.3 is 10.1 Å². The van der Waals surface area contributed by atoms with Gasteiger partial charge in [-0.25, -0.2) is 5.84 Å². The molecule has 1 aromatic carbocycles. The predicted molar refractivity (Wildman–Crippen MR) is 129 cm³/mol. The average molecular weight is 469 g/mol. The largest absolute Gasteiger partial charge is 0.432 e. The lowest BCUT2D eigenvalue weighted by Crippen LogP contribution is -2.37. The number of nitrogens with two attached hydrogens (primary N) is 1. The van der Waals surface area contributed by atoms with Gasteiger partial charge in [0.15, 0.2) is 0 Å². The molecule has 0 saturated heterocycles. The van der Waals surface area contributed by atoms with Gasteiger partial charge in [0.2, 0.25) is 0 Å². The fourth-order valence-electron chi connectivity index (χ4n) is 2.44. The highest BCUT2D eigenvalue weighted by atomic mass is 19.4. The van der Waals surface area contributed by atoms with Crippen LogP contribution in [0.25, 0.3) is 0 Å². The fraction of sp³-hybridized carbons (Fsp3) is 0.417. The van der Waals surface area contributed by atoms with Crippen LogP contribution < -0.4 is 16.2 Å². The van der Waals surface area contributed by atoms with Crippen LogP contribution in [0.15, 0.2) is 65.0 Å². The topological polar surface area (TPSA) is 80.0 Å². The molecule has 1 rings (SSSR count). The summed E-state index contributed by atoms with van der Waals surface area (Å²) in [7, 11) is 0. The Kier molecular flexibility index (Phi) is 15.2. The summed E-state index contributed by atoms with van der Waals surface area (Å²) < 4.78 is 45.9. The lowest BCUT2D eigenvalue weighted by atomic mass is 10.1. The van der Waals surface area contributed by atoms with Crippen molar-refractivity contribution in [1.29, 1.82) is 0 Å². The monoisotopic (exact) mass is 468 g/mol. The second kappa shape index (κ2) is 16.7. The van der Waals surface area contributed by atoms with Gasteiger partial charge in [-0.05, 0) is 56.8 Å². The highest BCUT2D eigenvalue weighted by molar-refractivity contribution is 5.94. The van der Waals surface area contributed by atoms with Crippen LogP contribution in [0.2, 0.25) is 0 Å². The quantitative estimate of drug-likeness (QED) is 0.139. The minimum Gasteiger partial charge on any atom is -0.380 e. The van der Waals surface area contributed by atoms with Crippen molar-refractivity contribution in [2.75, 3.05) is 24.8 Å². The number of carbonyl (C=O) groups excluding carboxylic acids is 1. The van der Waals surface area contributed by atoms with Crippen molar-refractivity contribution in [3.8, 4) is 0 Å². The number of aliphatic imine (C=N–C) groups is 1. The molecular weight excluding hydrogens is 433 g/mol. The first-order chi connectivity index (χ1) is 15.7. The number of allylic oxidation sites excluding steroid dienone is 5. The average Bonchev–Trinajstić information content (AvgIpc) is 2.79. The van der Waals surface area contributed by atoms with Crippen LogP contribution in [0.1, 0.15) is 50.9 Å². The number of benzene rings is 1. The van der Waals surface area contributed by atoms with Crippen molar-refractivity contribution in [3.05, 3.63) is 65.5 Å². The molecule has 0 aliphatic carbocycles. The Balaban J connectivity index is 0.00000497. The molecule has 3 N–H and O–H groups in total. The maximum absolute atomic E-state index is 13.5. The van der Waals surface area contributed by atoms with Gasteiger partial charge in [0.25, 0.3) is 5.91 Å². The van der Waals surface area contributed by atoms with Crippen LogP contribution in [0.5, 0.6) is 0 Å². The zero-order chi connectivity index (χ0) is 25.3. The Labute approximate surface area is 194 Å². The number of hydrazine groups is 1. The van der Waals surface area contributed by atoms with Gasteiger partial charge in [-0.3, -0.25) is 14.8 Å². The molecule has 33 heavy (non-hydrogen) atoms. The summed E-state index contributed by atoms with van der Waals surface area (Å²) in [6.45, 7) is 12.3. The van der Waals surface area contributed by atoms with E-state index in [9.17, 15) is 18.0 Å². The number of amides is 1. The van der Waals surface area contributed by atoms with E-state index in [4.69, 9.17) is 10.6 Å². The van der Waals surface area contributed by atoms with Crippen LogP contribution in [0.4, 0.5) is 18.9 Å². The van der Waals surface area contributed by atoms with Gasteiger partial charge in [-0.15, -0.1) is 0 Å². The third kappa shape index (κ3) is 12.1. The molecule has 1 aromatic rings. The maximum atomic E-state index is 13.5. The first-order valence-corrected chi connectivity index (χ1v) is 10.8. The van der Waals surface area contributed by atoms with Crippen molar-refractivity contribution in [2.24, 2.45) is 10.8 Å². The number of ether oxygens (including phenoxy) is 1. The number of rotatable bonds is 12. The predicted octanol–water partition coefficient (Wildman–Crippen LogP) is 5.55. The minimum atomic E-state index is -4.65. The van der Waals surface area contributed by atoms with Gasteiger partial charge in [-0.1, -0.05) is 38.5 Å². The molecule has 0 unspecified atom stereocenters. The van der Waals surface area contributed by atoms with Crippen LogP contribution in [-0.4, -0.2) is 38.6 Å². The van der Waals surface area contributed by atoms with E-state index in [1.807, 2.05) is 20.8 Å². The number of carbonyl (C=O) groups is 1. The lowest BCUT2D eigenvalue weighted by Gasteiger charge is -2.24. The Morgan fingerprint density at radius 1 is 1.24 bits per heavy atom. The number of nitrogens with zero attached hydrogens (tertiary/aromatic N) is 2. The zero-order valence-electron chi connectivity index (χ0n) is 19.8. The van der Waals surface area contributed by atoms with E-state index in [-0.39, 0.29) is 18.0 Å².